The van der Waals surface area contributed by atoms with Crippen LogP contribution < -0.4 is 5.32 Å². The molecule has 108 valence electrons. The van der Waals surface area contributed by atoms with E-state index < -0.39 is 0 Å². The molecule has 0 aromatic heterocycles. The lowest BCUT2D eigenvalue weighted by atomic mass is 9.96. The molecule has 0 aliphatic carbocycles. The topological polar surface area (TPSA) is 49.4 Å². The third kappa shape index (κ3) is 3.31. The maximum Gasteiger partial charge on any atom is 0.253 e. The Morgan fingerprint density at radius 2 is 2.05 bits per heavy atom. The minimum atomic E-state index is -0.0974. The van der Waals surface area contributed by atoms with E-state index >= 15 is 0 Å². The molecule has 2 amide bonds. The van der Waals surface area contributed by atoms with Crippen LogP contribution in [0.1, 0.15) is 28.8 Å². The molecule has 2 rings (SSSR count). The molecule has 1 aliphatic rings. The number of halogens is 1. The van der Waals surface area contributed by atoms with E-state index in [-0.39, 0.29) is 17.7 Å². The van der Waals surface area contributed by atoms with Gasteiger partial charge in [0, 0.05) is 31.6 Å². The van der Waals surface area contributed by atoms with Crippen molar-refractivity contribution in [2.75, 3.05) is 20.1 Å². The van der Waals surface area contributed by atoms with Gasteiger partial charge in [-0.3, -0.25) is 9.59 Å². The maximum atomic E-state index is 12.4. The highest BCUT2D eigenvalue weighted by atomic mass is 35.5. The Morgan fingerprint density at radius 1 is 1.35 bits per heavy atom. The van der Waals surface area contributed by atoms with Crippen LogP contribution in [0.25, 0.3) is 0 Å². The van der Waals surface area contributed by atoms with Gasteiger partial charge in [-0.2, -0.15) is 0 Å². The van der Waals surface area contributed by atoms with Crippen molar-refractivity contribution in [1.82, 2.24) is 10.2 Å². The van der Waals surface area contributed by atoms with Crippen LogP contribution in [0.5, 0.6) is 0 Å². The summed E-state index contributed by atoms with van der Waals surface area (Å²) in [6.45, 7) is 1.21. The highest BCUT2D eigenvalue weighted by Gasteiger charge is 2.28. The number of hydrogen-bond donors (Lipinski definition) is 1. The fraction of sp³-hybridized carbons (Fsp3) is 0.467. The molecule has 1 aliphatic heterocycles. The summed E-state index contributed by atoms with van der Waals surface area (Å²) in [6.07, 6.45) is 1.71. The van der Waals surface area contributed by atoms with Crippen LogP contribution in [0.4, 0.5) is 0 Å². The first kappa shape index (κ1) is 14.9. The van der Waals surface area contributed by atoms with Crippen LogP contribution in [-0.4, -0.2) is 36.9 Å². The monoisotopic (exact) mass is 294 g/mol. The predicted octanol–water partition coefficient (Wildman–Crippen LogP) is 2.02. The molecule has 1 atom stereocenters. The van der Waals surface area contributed by atoms with Gasteiger partial charge in [-0.25, -0.2) is 0 Å². The third-order valence-electron chi connectivity index (χ3n) is 3.68. The number of rotatable bonds is 3. The highest BCUT2D eigenvalue weighted by molar-refractivity contribution is 6.17. The first-order valence-electron chi connectivity index (χ1n) is 6.81. The van der Waals surface area contributed by atoms with Gasteiger partial charge in [-0.1, -0.05) is 12.1 Å². The lowest BCUT2D eigenvalue weighted by molar-refractivity contribution is -0.125. The van der Waals surface area contributed by atoms with Crippen molar-refractivity contribution in [2.24, 2.45) is 5.92 Å². The lowest BCUT2D eigenvalue weighted by Crippen LogP contribution is -2.44. The van der Waals surface area contributed by atoms with Crippen LogP contribution in [0.3, 0.4) is 0 Å². The molecule has 1 N–H and O–H groups in total. The van der Waals surface area contributed by atoms with E-state index in [1.165, 1.54) is 0 Å². The minimum absolute atomic E-state index is 0.0139. The third-order valence-corrected chi connectivity index (χ3v) is 3.99. The van der Waals surface area contributed by atoms with E-state index in [2.05, 4.69) is 5.32 Å². The second-order valence-corrected chi connectivity index (χ2v) is 5.30. The van der Waals surface area contributed by atoms with Gasteiger partial charge < -0.3 is 10.2 Å². The molecule has 1 aromatic rings. The van der Waals surface area contributed by atoms with Gasteiger partial charge in [0.15, 0.2) is 0 Å². The second kappa shape index (κ2) is 6.75. The Labute approximate surface area is 124 Å². The molecule has 20 heavy (non-hydrogen) atoms. The van der Waals surface area contributed by atoms with E-state index in [1.807, 2.05) is 12.1 Å². The van der Waals surface area contributed by atoms with Crippen molar-refractivity contribution in [3.8, 4) is 0 Å². The largest absolute Gasteiger partial charge is 0.359 e. The summed E-state index contributed by atoms with van der Waals surface area (Å²) in [7, 11) is 1.63. The molecule has 4 nitrogen and oxygen atoms in total. The standard InChI is InChI=1S/C15H19ClN2O2/c1-17-14(19)13-3-2-8-18(10-13)15(20)12-6-4-11(9-16)5-7-12/h4-7,13H,2-3,8-10H2,1H3,(H,17,19). The summed E-state index contributed by atoms with van der Waals surface area (Å²) in [5.41, 5.74) is 1.64. The minimum Gasteiger partial charge on any atom is -0.359 e. The molecule has 1 aromatic carbocycles. The van der Waals surface area contributed by atoms with Gasteiger partial charge in [0.25, 0.3) is 5.91 Å². The average molecular weight is 295 g/mol. The van der Waals surface area contributed by atoms with Crippen molar-refractivity contribution in [3.63, 3.8) is 0 Å². The number of nitrogens with zero attached hydrogens (tertiary/aromatic N) is 1. The van der Waals surface area contributed by atoms with Crippen molar-refractivity contribution in [3.05, 3.63) is 35.4 Å². The fourth-order valence-electron chi connectivity index (χ4n) is 2.50. The molecular formula is C15H19ClN2O2. The van der Waals surface area contributed by atoms with Crippen molar-refractivity contribution in [1.29, 1.82) is 0 Å². The van der Waals surface area contributed by atoms with E-state index in [0.717, 1.165) is 18.4 Å². The molecule has 1 heterocycles. The molecule has 1 fully saturated rings. The van der Waals surface area contributed by atoms with E-state index in [1.54, 1.807) is 24.1 Å². The number of nitrogens with one attached hydrogen (secondary N) is 1. The quantitative estimate of drug-likeness (QED) is 0.867. The van der Waals surface area contributed by atoms with Crippen molar-refractivity contribution in [2.45, 2.75) is 18.7 Å². The van der Waals surface area contributed by atoms with Crippen molar-refractivity contribution < 1.29 is 9.59 Å². The fourth-order valence-corrected chi connectivity index (χ4v) is 2.68. The van der Waals surface area contributed by atoms with E-state index in [9.17, 15) is 9.59 Å². The predicted molar refractivity (Wildman–Crippen MR) is 78.7 cm³/mol. The SMILES string of the molecule is CNC(=O)C1CCCN(C(=O)c2ccc(CCl)cc2)C1. The molecule has 0 saturated carbocycles. The van der Waals surface area contributed by atoms with Gasteiger partial charge in [0.2, 0.25) is 5.91 Å². The zero-order chi connectivity index (χ0) is 14.5. The number of carbonyl (C=O) groups is 2. The normalized spacial score (nSPS) is 18.7. The van der Waals surface area contributed by atoms with E-state index in [4.69, 9.17) is 11.6 Å². The van der Waals surface area contributed by atoms with Gasteiger partial charge in [0.05, 0.1) is 5.92 Å². The summed E-state index contributed by atoms with van der Waals surface area (Å²) >= 11 is 5.74. The zero-order valence-electron chi connectivity index (χ0n) is 11.6. The Balaban J connectivity index is 2.05. The summed E-state index contributed by atoms with van der Waals surface area (Å²) in [5, 5.41) is 2.66. The number of carbonyl (C=O) groups excluding carboxylic acids is 2. The van der Waals surface area contributed by atoms with Crippen LogP contribution in [0.15, 0.2) is 24.3 Å². The molecule has 5 heteroatoms. The smallest absolute Gasteiger partial charge is 0.253 e. The molecule has 0 spiro atoms. The molecule has 1 saturated heterocycles. The first-order chi connectivity index (χ1) is 9.65. The maximum absolute atomic E-state index is 12.4. The first-order valence-corrected chi connectivity index (χ1v) is 7.35. The summed E-state index contributed by atoms with van der Waals surface area (Å²) < 4.78 is 0. The molecule has 0 bridgehead atoms. The Bertz CT molecular complexity index is 487. The number of alkyl halides is 1. The lowest BCUT2D eigenvalue weighted by Gasteiger charge is -2.31. The molecular weight excluding hydrogens is 276 g/mol. The summed E-state index contributed by atoms with van der Waals surface area (Å²) in [6, 6.07) is 7.31. The number of amides is 2. The van der Waals surface area contributed by atoms with Crippen molar-refractivity contribution >= 4 is 23.4 Å². The number of likely N-dealkylation sites (tertiary alicyclic amines) is 1. The zero-order valence-corrected chi connectivity index (χ0v) is 12.3. The van der Waals surface area contributed by atoms with Crippen LogP contribution in [-0.2, 0) is 10.7 Å². The molecule has 1 unspecified atom stereocenters. The van der Waals surface area contributed by atoms with Crippen LogP contribution in [0.2, 0.25) is 0 Å². The van der Waals surface area contributed by atoms with Gasteiger partial charge in [-0.05, 0) is 30.5 Å². The molecule has 0 radical (unpaired) electrons. The highest BCUT2D eigenvalue weighted by Crippen LogP contribution is 2.19. The Hall–Kier alpha value is -1.55. The Kier molecular flexibility index (Phi) is 5.01. The van der Waals surface area contributed by atoms with Crippen LogP contribution >= 0.6 is 11.6 Å². The average Bonchev–Trinajstić information content (AvgIpc) is 2.53. The van der Waals surface area contributed by atoms with Gasteiger partial charge in [0.1, 0.15) is 0 Å². The number of hydrogen-bond acceptors (Lipinski definition) is 2. The van der Waals surface area contributed by atoms with Gasteiger partial charge in [-0.15, -0.1) is 11.6 Å². The van der Waals surface area contributed by atoms with E-state index in [0.29, 0.717) is 24.5 Å². The van der Waals surface area contributed by atoms with Gasteiger partial charge >= 0.3 is 0 Å². The summed E-state index contributed by atoms with van der Waals surface area (Å²) in [5.74, 6) is 0.344. The Morgan fingerprint density at radius 3 is 2.65 bits per heavy atom. The second-order valence-electron chi connectivity index (χ2n) is 5.04. The van der Waals surface area contributed by atoms with Crippen LogP contribution in [0, 0.1) is 5.92 Å². The summed E-state index contributed by atoms with van der Waals surface area (Å²) in [4.78, 5) is 25.9. The number of benzene rings is 1. The number of piperidine rings is 1.